The van der Waals surface area contributed by atoms with Crippen molar-refractivity contribution in [2.75, 3.05) is 24.2 Å². The monoisotopic (exact) mass is 410 g/mol. The van der Waals surface area contributed by atoms with Crippen molar-refractivity contribution in [3.8, 4) is 0 Å². The highest BCUT2D eigenvalue weighted by Crippen LogP contribution is 2.37. The molecule has 0 aromatic heterocycles. The number of carbonyl (C=O) groups is 2. The van der Waals surface area contributed by atoms with E-state index in [9.17, 15) is 18.0 Å². The van der Waals surface area contributed by atoms with E-state index < -0.39 is 9.84 Å². The summed E-state index contributed by atoms with van der Waals surface area (Å²) in [7, 11) is -3.59. The van der Waals surface area contributed by atoms with Gasteiger partial charge >= 0.3 is 0 Å². The zero-order chi connectivity index (χ0) is 19.8. The molecule has 1 saturated heterocycles. The molecule has 0 spiro atoms. The molecule has 3 rings (SSSR count). The molecule has 1 N–H and O–H groups in total. The molecule has 2 aliphatic rings. The van der Waals surface area contributed by atoms with Crippen LogP contribution >= 0.6 is 11.8 Å². The van der Waals surface area contributed by atoms with Crippen LogP contribution in [-0.4, -0.2) is 49.2 Å². The van der Waals surface area contributed by atoms with Gasteiger partial charge in [-0.25, -0.2) is 8.42 Å². The van der Waals surface area contributed by atoms with E-state index in [1.165, 1.54) is 17.8 Å². The molecule has 3 atom stereocenters. The van der Waals surface area contributed by atoms with Gasteiger partial charge in [0.1, 0.15) is 0 Å². The van der Waals surface area contributed by atoms with Gasteiger partial charge in [0, 0.05) is 24.4 Å². The lowest BCUT2D eigenvalue weighted by atomic mass is 9.92. The largest absolute Gasteiger partial charge is 0.342 e. The summed E-state index contributed by atoms with van der Waals surface area (Å²) in [6.07, 6.45) is 1.08. The Labute approximate surface area is 165 Å². The number of rotatable bonds is 4. The molecule has 2 heterocycles. The maximum absolute atomic E-state index is 12.7. The lowest BCUT2D eigenvalue weighted by Crippen LogP contribution is -2.43. The van der Waals surface area contributed by atoms with Crippen LogP contribution in [0.5, 0.6) is 0 Å². The molecule has 6 nitrogen and oxygen atoms in total. The molecule has 0 bridgehead atoms. The summed E-state index contributed by atoms with van der Waals surface area (Å²) in [6, 6.07) is 4.77. The SMILES string of the molecule is CC1CC(C)CN(C(=O)CCS(=O)(=O)c2ccc3c(c2)NC(=O)C(C)S3)C1. The number of nitrogens with zero attached hydrogens (tertiary/aromatic N) is 1. The summed E-state index contributed by atoms with van der Waals surface area (Å²) in [4.78, 5) is 27.1. The predicted molar refractivity (Wildman–Crippen MR) is 107 cm³/mol. The molecule has 0 saturated carbocycles. The maximum Gasteiger partial charge on any atom is 0.237 e. The number of likely N-dealkylation sites (tertiary alicyclic amines) is 1. The second-order valence-corrected chi connectivity index (χ2v) is 11.2. The number of sulfone groups is 1. The Morgan fingerprint density at radius 3 is 2.56 bits per heavy atom. The van der Waals surface area contributed by atoms with Crippen LogP contribution in [0.15, 0.2) is 28.0 Å². The van der Waals surface area contributed by atoms with Gasteiger partial charge in [0.25, 0.3) is 0 Å². The first-order valence-corrected chi connectivity index (χ1v) is 11.8. The number of benzene rings is 1. The van der Waals surface area contributed by atoms with Gasteiger partial charge < -0.3 is 10.2 Å². The van der Waals surface area contributed by atoms with Gasteiger partial charge in [0.2, 0.25) is 11.8 Å². The number of anilines is 1. The molecule has 2 aliphatic heterocycles. The average Bonchev–Trinajstić information content (AvgIpc) is 2.59. The van der Waals surface area contributed by atoms with E-state index in [1.54, 1.807) is 17.0 Å². The standard InChI is InChI=1S/C19H26N2O4S2/c1-12-8-13(2)11-21(10-12)18(22)6-7-27(24,25)15-4-5-17-16(9-15)20-19(23)14(3)26-17/h4-5,9,12-14H,6-8,10-11H2,1-3H3,(H,20,23). The Morgan fingerprint density at radius 2 is 1.89 bits per heavy atom. The van der Waals surface area contributed by atoms with Crippen LogP contribution in [-0.2, 0) is 19.4 Å². The van der Waals surface area contributed by atoms with Crippen LogP contribution in [0.2, 0.25) is 0 Å². The predicted octanol–water partition coefficient (Wildman–Crippen LogP) is 2.79. The van der Waals surface area contributed by atoms with Crippen molar-refractivity contribution >= 4 is 39.1 Å². The minimum Gasteiger partial charge on any atom is -0.342 e. The Morgan fingerprint density at radius 1 is 1.22 bits per heavy atom. The van der Waals surface area contributed by atoms with Gasteiger partial charge in [-0.15, -0.1) is 11.8 Å². The molecule has 3 unspecified atom stereocenters. The summed E-state index contributed by atoms with van der Waals surface area (Å²) >= 11 is 1.41. The minimum atomic E-state index is -3.59. The lowest BCUT2D eigenvalue weighted by Gasteiger charge is -2.35. The van der Waals surface area contributed by atoms with Gasteiger partial charge in [-0.05, 0) is 43.4 Å². The summed E-state index contributed by atoms with van der Waals surface area (Å²) in [5, 5.41) is 2.55. The van der Waals surface area contributed by atoms with Gasteiger partial charge in [0.05, 0.1) is 21.6 Å². The van der Waals surface area contributed by atoms with Crippen molar-refractivity contribution in [3.63, 3.8) is 0 Å². The highest BCUT2D eigenvalue weighted by atomic mass is 32.2. The number of thioether (sulfide) groups is 1. The Kier molecular flexibility index (Phi) is 5.86. The highest BCUT2D eigenvalue weighted by molar-refractivity contribution is 8.01. The van der Waals surface area contributed by atoms with E-state index in [1.807, 2.05) is 6.92 Å². The molecular formula is C19H26N2O4S2. The molecular weight excluding hydrogens is 384 g/mol. The van der Waals surface area contributed by atoms with Crippen molar-refractivity contribution in [2.45, 2.75) is 48.7 Å². The van der Waals surface area contributed by atoms with Crippen LogP contribution in [0.25, 0.3) is 0 Å². The molecule has 0 aliphatic carbocycles. The smallest absolute Gasteiger partial charge is 0.237 e. The first kappa shape index (κ1) is 20.2. The van der Waals surface area contributed by atoms with Gasteiger partial charge in [-0.2, -0.15) is 0 Å². The molecule has 27 heavy (non-hydrogen) atoms. The molecule has 8 heteroatoms. The van der Waals surface area contributed by atoms with Crippen molar-refractivity contribution in [3.05, 3.63) is 18.2 Å². The molecule has 148 valence electrons. The fourth-order valence-electron chi connectivity index (χ4n) is 3.75. The highest BCUT2D eigenvalue weighted by Gasteiger charge is 2.28. The van der Waals surface area contributed by atoms with E-state index in [-0.39, 0.29) is 34.1 Å². The first-order chi connectivity index (χ1) is 12.7. The molecule has 0 radical (unpaired) electrons. The Bertz CT molecular complexity index is 843. The van der Waals surface area contributed by atoms with E-state index in [0.29, 0.717) is 30.6 Å². The summed E-state index contributed by atoms with van der Waals surface area (Å²) < 4.78 is 25.4. The Balaban J connectivity index is 1.67. The maximum atomic E-state index is 12.7. The number of hydrogen-bond acceptors (Lipinski definition) is 5. The van der Waals surface area contributed by atoms with Crippen LogP contribution in [0.3, 0.4) is 0 Å². The third-order valence-corrected chi connectivity index (χ3v) is 7.94. The number of hydrogen-bond donors (Lipinski definition) is 1. The van der Waals surface area contributed by atoms with E-state index in [4.69, 9.17) is 0 Å². The van der Waals surface area contributed by atoms with Gasteiger partial charge in [0.15, 0.2) is 9.84 Å². The number of amides is 2. The average molecular weight is 411 g/mol. The second-order valence-electron chi connectivity index (χ2n) is 7.72. The van der Waals surface area contributed by atoms with Crippen LogP contribution in [0.1, 0.15) is 33.6 Å². The van der Waals surface area contributed by atoms with Crippen molar-refractivity contribution in [1.29, 1.82) is 0 Å². The third-order valence-electron chi connectivity index (χ3n) is 5.05. The molecule has 1 fully saturated rings. The fourth-order valence-corrected chi connectivity index (χ4v) is 5.93. The number of nitrogens with one attached hydrogen (secondary N) is 1. The van der Waals surface area contributed by atoms with Crippen molar-refractivity contribution in [1.82, 2.24) is 4.90 Å². The third kappa shape index (κ3) is 4.66. The molecule has 1 aromatic carbocycles. The topological polar surface area (TPSA) is 83.6 Å². The summed E-state index contributed by atoms with van der Waals surface area (Å²) in [6.45, 7) is 7.44. The summed E-state index contributed by atoms with van der Waals surface area (Å²) in [5.74, 6) is 0.427. The molecule has 2 amide bonds. The second kappa shape index (κ2) is 7.83. The molecule has 1 aromatic rings. The zero-order valence-electron chi connectivity index (χ0n) is 15.9. The number of fused-ring (bicyclic) bond motifs is 1. The van der Waals surface area contributed by atoms with E-state index >= 15 is 0 Å². The summed E-state index contributed by atoms with van der Waals surface area (Å²) in [5.41, 5.74) is 0.522. The van der Waals surface area contributed by atoms with Crippen molar-refractivity contribution < 1.29 is 18.0 Å². The Hall–Kier alpha value is -1.54. The van der Waals surface area contributed by atoms with E-state index in [0.717, 1.165) is 11.3 Å². The zero-order valence-corrected chi connectivity index (χ0v) is 17.5. The van der Waals surface area contributed by atoms with Crippen LogP contribution in [0, 0.1) is 11.8 Å². The van der Waals surface area contributed by atoms with E-state index in [2.05, 4.69) is 19.2 Å². The minimum absolute atomic E-state index is 0.0169. The first-order valence-electron chi connectivity index (χ1n) is 9.28. The van der Waals surface area contributed by atoms with Crippen LogP contribution < -0.4 is 5.32 Å². The number of piperidine rings is 1. The quantitative estimate of drug-likeness (QED) is 0.825. The van der Waals surface area contributed by atoms with Gasteiger partial charge in [-0.3, -0.25) is 9.59 Å². The lowest BCUT2D eigenvalue weighted by molar-refractivity contribution is -0.133. The number of carbonyl (C=O) groups excluding carboxylic acids is 2. The van der Waals surface area contributed by atoms with Crippen LogP contribution in [0.4, 0.5) is 5.69 Å². The van der Waals surface area contributed by atoms with Gasteiger partial charge in [-0.1, -0.05) is 13.8 Å². The van der Waals surface area contributed by atoms with Crippen molar-refractivity contribution in [2.24, 2.45) is 11.8 Å². The normalized spacial score (nSPS) is 25.7. The fraction of sp³-hybridized carbons (Fsp3) is 0.579.